The fraction of sp³-hybridized carbons (Fsp3) is 0.800. The van der Waals surface area contributed by atoms with Crippen LogP contribution in [0.15, 0.2) is 0 Å². The number of rotatable bonds is 3. The average Bonchev–Trinajstić information content (AvgIpc) is 2.37. The number of amides is 1. The molecule has 0 radical (unpaired) electrons. The van der Waals surface area contributed by atoms with Crippen LogP contribution in [0.2, 0.25) is 0 Å². The summed E-state index contributed by atoms with van der Waals surface area (Å²) in [6, 6.07) is -0.0442. The van der Waals surface area contributed by atoms with Crippen LogP contribution in [0.3, 0.4) is 0 Å². The maximum Gasteiger partial charge on any atom is 0.241 e. The summed E-state index contributed by atoms with van der Waals surface area (Å²) >= 11 is 0. The van der Waals surface area contributed by atoms with Crippen LogP contribution in [0.1, 0.15) is 40.0 Å². The van der Waals surface area contributed by atoms with Gasteiger partial charge in [-0.25, -0.2) is 0 Å². The lowest BCUT2D eigenvalue weighted by Gasteiger charge is -2.65. The Morgan fingerprint density at radius 3 is 2.95 bits per heavy atom. The van der Waals surface area contributed by atoms with E-state index in [9.17, 15) is 4.79 Å². The van der Waals surface area contributed by atoms with E-state index < -0.39 is 5.54 Å². The van der Waals surface area contributed by atoms with Crippen LogP contribution < -0.4 is 11.1 Å². The first kappa shape index (κ1) is 14.4. The molecule has 3 N–H and O–H groups in total. The average molecular weight is 264 g/mol. The smallest absolute Gasteiger partial charge is 0.241 e. The number of carbonyl (C=O) groups is 1. The molecule has 106 valence electrons. The first-order valence-electron chi connectivity index (χ1n) is 7.00. The molecule has 0 aromatic rings. The number of hydrogen-bond acceptors (Lipinski definition) is 3. The van der Waals surface area contributed by atoms with Crippen molar-refractivity contribution in [3.05, 3.63) is 0 Å². The largest absolute Gasteiger partial charge is 0.377 e. The lowest BCUT2D eigenvalue weighted by Crippen LogP contribution is -2.82. The van der Waals surface area contributed by atoms with Gasteiger partial charge in [-0.15, -0.1) is 12.3 Å². The molecule has 4 nitrogen and oxygen atoms in total. The second kappa shape index (κ2) is 4.81. The monoisotopic (exact) mass is 264 g/mol. The second-order valence-electron chi connectivity index (χ2n) is 6.41. The molecule has 1 aliphatic carbocycles. The molecular formula is C15H24N2O2. The molecule has 0 aromatic heterocycles. The minimum Gasteiger partial charge on any atom is -0.377 e. The molecule has 4 heteroatoms. The van der Waals surface area contributed by atoms with Crippen molar-refractivity contribution in [3.8, 4) is 12.3 Å². The highest BCUT2D eigenvalue weighted by Gasteiger charge is 2.70. The summed E-state index contributed by atoms with van der Waals surface area (Å²) in [7, 11) is 0. The van der Waals surface area contributed by atoms with Crippen molar-refractivity contribution in [2.75, 3.05) is 6.61 Å². The zero-order valence-electron chi connectivity index (χ0n) is 12.0. The first-order valence-corrected chi connectivity index (χ1v) is 7.00. The van der Waals surface area contributed by atoms with E-state index in [0.29, 0.717) is 6.42 Å². The third-order valence-corrected chi connectivity index (χ3v) is 4.86. The predicted octanol–water partition coefficient (Wildman–Crippen LogP) is 1.05. The van der Waals surface area contributed by atoms with Crippen molar-refractivity contribution in [3.63, 3.8) is 0 Å². The van der Waals surface area contributed by atoms with Crippen molar-refractivity contribution in [1.82, 2.24) is 5.32 Å². The van der Waals surface area contributed by atoms with Gasteiger partial charge in [0.2, 0.25) is 5.91 Å². The first-order chi connectivity index (χ1) is 8.85. The van der Waals surface area contributed by atoms with E-state index in [1.165, 1.54) is 0 Å². The van der Waals surface area contributed by atoms with Gasteiger partial charge in [0.1, 0.15) is 5.54 Å². The van der Waals surface area contributed by atoms with Gasteiger partial charge in [-0.1, -0.05) is 13.8 Å². The Bertz CT molecular complexity index is 413. The molecule has 0 bridgehead atoms. The van der Waals surface area contributed by atoms with Crippen LogP contribution in [0.25, 0.3) is 0 Å². The summed E-state index contributed by atoms with van der Waals surface area (Å²) < 4.78 is 5.80. The zero-order chi connectivity index (χ0) is 14.3. The highest BCUT2D eigenvalue weighted by atomic mass is 16.5. The quantitative estimate of drug-likeness (QED) is 0.749. The number of nitrogens with one attached hydrogen (secondary N) is 1. The van der Waals surface area contributed by atoms with Crippen LogP contribution in [-0.4, -0.2) is 30.2 Å². The van der Waals surface area contributed by atoms with E-state index in [-0.39, 0.29) is 29.4 Å². The molecule has 1 aliphatic heterocycles. The lowest BCUT2D eigenvalue weighted by atomic mass is 9.46. The Kier molecular flexibility index (Phi) is 3.63. The molecule has 1 saturated carbocycles. The number of fused-ring (bicyclic) bond motifs is 1. The normalized spacial score (nSPS) is 37.4. The van der Waals surface area contributed by atoms with Crippen LogP contribution in [0.4, 0.5) is 0 Å². The minimum atomic E-state index is -0.846. The minimum absolute atomic E-state index is 0.0442. The van der Waals surface area contributed by atoms with Crippen molar-refractivity contribution in [2.45, 2.75) is 57.7 Å². The summed E-state index contributed by atoms with van der Waals surface area (Å²) in [5.74, 6) is 2.59. The van der Waals surface area contributed by atoms with E-state index >= 15 is 0 Å². The molecule has 2 fully saturated rings. The second-order valence-corrected chi connectivity index (χ2v) is 6.41. The molecule has 1 saturated heterocycles. The maximum atomic E-state index is 12.5. The van der Waals surface area contributed by atoms with E-state index in [1.54, 1.807) is 0 Å². The van der Waals surface area contributed by atoms with E-state index in [0.717, 1.165) is 19.4 Å². The number of hydrogen-bond donors (Lipinski definition) is 2. The molecule has 4 atom stereocenters. The molecule has 1 amide bonds. The van der Waals surface area contributed by atoms with Gasteiger partial charge in [-0.3, -0.25) is 4.79 Å². The Morgan fingerprint density at radius 2 is 2.32 bits per heavy atom. The third-order valence-electron chi connectivity index (χ3n) is 4.86. The number of carbonyl (C=O) groups excluding carboxylic acids is 1. The van der Waals surface area contributed by atoms with Gasteiger partial charge in [0.25, 0.3) is 0 Å². The van der Waals surface area contributed by atoms with Gasteiger partial charge in [-0.2, -0.15) is 0 Å². The fourth-order valence-electron chi connectivity index (χ4n) is 3.61. The molecule has 2 aliphatic rings. The van der Waals surface area contributed by atoms with Crippen molar-refractivity contribution < 1.29 is 9.53 Å². The number of nitrogens with two attached hydrogens (primary N) is 1. The standard InChI is InChI=1S/C15H24N2O2/c1-5-7-10(2)17-13(18)15(16)11-8-6-9-19-12(11)14(15,3)4/h1,10-12H,6-9,16H2,2-4H3,(H,17,18). The van der Waals surface area contributed by atoms with Crippen molar-refractivity contribution >= 4 is 5.91 Å². The number of ether oxygens (including phenoxy) is 1. The summed E-state index contributed by atoms with van der Waals surface area (Å²) in [5, 5.41) is 2.95. The molecule has 4 unspecified atom stereocenters. The SMILES string of the molecule is C#CCC(C)NC(=O)C1(N)C2CCCOC2C1(C)C. The zero-order valence-corrected chi connectivity index (χ0v) is 12.0. The number of terminal acetylenes is 1. The van der Waals surface area contributed by atoms with Crippen molar-refractivity contribution in [1.29, 1.82) is 0 Å². The summed E-state index contributed by atoms with van der Waals surface area (Å²) in [4.78, 5) is 12.5. The highest BCUT2D eigenvalue weighted by Crippen LogP contribution is 2.57. The lowest BCUT2D eigenvalue weighted by molar-refractivity contribution is -0.225. The molecule has 0 spiro atoms. The van der Waals surface area contributed by atoms with Crippen LogP contribution >= 0.6 is 0 Å². The van der Waals surface area contributed by atoms with E-state index in [2.05, 4.69) is 11.2 Å². The van der Waals surface area contributed by atoms with Crippen LogP contribution in [-0.2, 0) is 9.53 Å². The Hall–Kier alpha value is -1.05. The molecule has 0 aromatic carbocycles. The van der Waals surface area contributed by atoms with Crippen LogP contribution in [0.5, 0.6) is 0 Å². The Morgan fingerprint density at radius 1 is 1.63 bits per heavy atom. The van der Waals surface area contributed by atoms with Gasteiger partial charge < -0.3 is 15.8 Å². The summed E-state index contributed by atoms with van der Waals surface area (Å²) in [6.45, 7) is 6.72. The van der Waals surface area contributed by atoms with Gasteiger partial charge in [0.15, 0.2) is 0 Å². The van der Waals surface area contributed by atoms with E-state index in [1.807, 2.05) is 20.8 Å². The Balaban J connectivity index is 2.13. The van der Waals surface area contributed by atoms with Gasteiger partial charge in [0.05, 0.1) is 6.10 Å². The van der Waals surface area contributed by atoms with Gasteiger partial charge >= 0.3 is 0 Å². The topological polar surface area (TPSA) is 64.4 Å². The predicted molar refractivity (Wildman–Crippen MR) is 74.2 cm³/mol. The Labute approximate surface area is 115 Å². The van der Waals surface area contributed by atoms with Gasteiger partial charge in [0, 0.05) is 30.4 Å². The highest BCUT2D eigenvalue weighted by molar-refractivity contribution is 5.89. The van der Waals surface area contributed by atoms with E-state index in [4.69, 9.17) is 16.9 Å². The van der Waals surface area contributed by atoms with Gasteiger partial charge in [-0.05, 0) is 19.8 Å². The summed E-state index contributed by atoms with van der Waals surface area (Å²) in [6.07, 6.45) is 7.82. The molecule has 2 rings (SSSR count). The third kappa shape index (κ3) is 1.96. The van der Waals surface area contributed by atoms with Crippen molar-refractivity contribution in [2.24, 2.45) is 17.1 Å². The molecule has 19 heavy (non-hydrogen) atoms. The fourth-order valence-corrected chi connectivity index (χ4v) is 3.61. The maximum absolute atomic E-state index is 12.5. The van der Waals surface area contributed by atoms with Crippen LogP contribution in [0, 0.1) is 23.7 Å². The molecule has 1 heterocycles. The summed E-state index contributed by atoms with van der Waals surface area (Å²) in [5.41, 5.74) is 5.30. The molecular weight excluding hydrogens is 240 g/mol.